The molecule has 0 radical (unpaired) electrons. The minimum atomic E-state index is -0.779. The molecule has 0 atom stereocenters. The van der Waals surface area contributed by atoms with Crippen LogP contribution in [0.1, 0.15) is 30.3 Å². The molecule has 0 saturated heterocycles. The van der Waals surface area contributed by atoms with Gasteiger partial charge in [0.1, 0.15) is 5.82 Å². The molecule has 0 fully saturated rings. The van der Waals surface area contributed by atoms with Crippen LogP contribution < -0.4 is 9.47 Å². The molecule has 0 aliphatic carbocycles. The Labute approximate surface area is 194 Å². The van der Waals surface area contributed by atoms with Crippen molar-refractivity contribution in [2.75, 3.05) is 14.2 Å². The minimum Gasteiger partial charge on any atom is -0.481 e. The molecule has 1 heterocycles. The largest absolute Gasteiger partial charge is 0.481 e. The summed E-state index contributed by atoms with van der Waals surface area (Å²) in [6.45, 7) is 1.60. The number of hydrogen-bond acceptors (Lipinski definition) is 8. The molecule has 0 amide bonds. The molecule has 0 spiro atoms. The first-order chi connectivity index (χ1) is 14.9. The van der Waals surface area contributed by atoms with Gasteiger partial charge in [-0.2, -0.15) is 9.97 Å². The molecule has 0 bridgehead atoms. The number of carbonyl (C=O) groups excluding carboxylic acids is 1. The second-order valence-corrected chi connectivity index (χ2v) is 7.43. The molecule has 1 aromatic heterocycles. The Bertz CT molecular complexity index is 1120. The van der Waals surface area contributed by atoms with Crippen molar-refractivity contribution in [1.82, 2.24) is 9.97 Å². The quantitative estimate of drug-likeness (QED) is 0.188. The molecule has 0 N–H and O–H groups in total. The van der Waals surface area contributed by atoms with Crippen LogP contribution in [0.4, 0.5) is 4.39 Å². The highest BCUT2D eigenvalue weighted by Gasteiger charge is 2.20. The third kappa shape index (κ3) is 6.18. The van der Waals surface area contributed by atoms with Crippen molar-refractivity contribution in [1.29, 1.82) is 0 Å². The van der Waals surface area contributed by atoms with Crippen LogP contribution in [0.5, 0.6) is 11.8 Å². The Morgan fingerprint density at radius 2 is 1.72 bits per heavy atom. The van der Waals surface area contributed by atoms with E-state index < -0.39 is 11.8 Å². The third-order valence-corrected chi connectivity index (χ3v) is 5.21. The summed E-state index contributed by atoms with van der Waals surface area (Å²) < 4.78 is 23.7. The smallest absolute Gasteiger partial charge is 0.368 e. The van der Waals surface area contributed by atoms with Gasteiger partial charge in [-0.05, 0) is 43.0 Å². The number of halogens is 2. The van der Waals surface area contributed by atoms with Crippen molar-refractivity contribution in [2.45, 2.75) is 24.4 Å². The molecule has 3 rings (SSSR count). The van der Waals surface area contributed by atoms with Crippen LogP contribution in [0.15, 0.2) is 63.7 Å². The molecule has 0 aliphatic heterocycles. The first-order valence-electron chi connectivity index (χ1n) is 8.86. The normalized spacial score (nSPS) is 10.8. The van der Waals surface area contributed by atoms with Crippen molar-refractivity contribution in [2.24, 2.45) is 5.16 Å². The Hall–Kier alpha value is -3.17. The van der Waals surface area contributed by atoms with E-state index in [2.05, 4.69) is 15.1 Å². The molecule has 0 aliphatic rings. The number of benzene rings is 2. The molecule has 10 heteroatoms. The van der Waals surface area contributed by atoms with E-state index in [1.54, 1.807) is 31.2 Å². The zero-order valence-electron chi connectivity index (χ0n) is 16.8. The van der Waals surface area contributed by atoms with E-state index in [4.69, 9.17) is 25.9 Å². The molecule has 3 aromatic rings. The number of oxime groups is 1. The third-order valence-electron chi connectivity index (χ3n) is 3.97. The van der Waals surface area contributed by atoms with Gasteiger partial charge in [-0.3, -0.25) is 0 Å². The highest BCUT2D eigenvalue weighted by Crippen LogP contribution is 2.34. The molecular formula is C22H21ClFN3O4S. The van der Waals surface area contributed by atoms with Gasteiger partial charge in [-0.15, -0.1) is 0 Å². The van der Waals surface area contributed by atoms with E-state index >= 15 is 0 Å². The highest BCUT2D eigenvalue weighted by atomic mass is 35.5. The first kappa shape index (κ1) is 25.1. The topological polar surface area (TPSA) is 82.9 Å². The van der Waals surface area contributed by atoms with Crippen LogP contribution >= 0.6 is 23.4 Å². The molecular weight excluding hydrogens is 457 g/mol. The van der Waals surface area contributed by atoms with Crippen molar-refractivity contribution >= 4 is 35.0 Å². The Morgan fingerprint density at radius 3 is 2.34 bits per heavy atom. The van der Waals surface area contributed by atoms with Gasteiger partial charge in [0.05, 0.1) is 36.6 Å². The second-order valence-electron chi connectivity index (χ2n) is 6.02. The predicted molar refractivity (Wildman–Crippen MR) is 121 cm³/mol. The van der Waals surface area contributed by atoms with Crippen LogP contribution in [0.2, 0.25) is 5.02 Å². The minimum absolute atomic E-state index is 0. The average Bonchev–Trinajstić information content (AvgIpc) is 2.77. The van der Waals surface area contributed by atoms with Gasteiger partial charge >= 0.3 is 5.97 Å². The highest BCUT2D eigenvalue weighted by molar-refractivity contribution is 7.99. The van der Waals surface area contributed by atoms with Gasteiger partial charge in [-0.1, -0.05) is 42.4 Å². The van der Waals surface area contributed by atoms with E-state index in [1.807, 2.05) is 0 Å². The summed E-state index contributed by atoms with van der Waals surface area (Å²) in [5, 5.41) is 4.27. The van der Waals surface area contributed by atoms with E-state index in [9.17, 15) is 9.18 Å². The van der Waals surface area contributed by atoms with Crippen LogP contribution in [-0.4, -0.2) is 35.9 Å². The van der Waals surface area contributed by atoms with E-state index in [0.29, 0.717) is 27.9 Å². The molecule has 32 heavy (non-hydrogen) atoms. The number of aromatic nitrogens is 2. The fraction of sp³-hybridized carbons (Fsp3) is 0.182. The summed E-state index contributed by atoms with van der Waals surface area (Å²) in [7, 11) is 2.94. The fourth-order valence-corrected chi connectivity index (χ4v) is 3.66. The number of carbonyl (C=O) groups is 1. The van der Waals surface area contributed by atoms with Gasteiger partial charge in [0.15, 0.2) is 5.16 Å². The zero-order chi connectivity index (χ0) is 22.4. The second kappa shape index (κ2) is 11.4. The van der Waals surface area contributed by atoms with Gasteiger partial charge in [0, 0.05) is 10.5 Å². The van der Waals surface area contributed by atoms with Crippen LogP contribution in [0, 0.1) is 5.82 Å². The summed E-state index contributed by atoms with van der Waals surface area (Å²) in [6, 6.07) is 12.2. The summed E-state index contributed by atoms with van der Waals surface area (Å²) in [5.41, 5.74) is 0.906. The van der Waals surface area contributed by atoms with Crippen LogP contribution in [0.25, 0.3) is 0 Å². The van der Waals surface area contributed by atoms with E-state index in [0.717, 1.165) is 11.8 Å². The number of methoxy groups -OCH3 is 2. The monoisotopic (exact) mass is 477 g/mol. The predicted octanol–water partition coefficient (Wildman–Crippen LogP) is 5.65. The lowest BCUT2D eigenvalue weighted by molar-refractivity contribution is 0.0512. The van der Waals surface area contributed by atoms with Crippen LogP contribution in [-0.2, 0) is 4.84 Å². The van der Waals surface area contributed by atoms with E-state index in [-0.39, 0.29) is 23.2 Å². The zero-order valence-corrected chi connectivity index (χ0v) is 18.3. The van der Waals surface area contributed by atoms with Crippen LogP contribution in [0.3, 0.4) is 0 Å². The SMILES string of the molecule is C.COc1cc(OC)nc(Sc2cccc(Cl)c2C(=O)O/N=C(\C)c2cccc(F)c2)n1. The lowest BCUT2D eigenvalue weighted by Gasteiger charge is -2.10. The van der Waals surface area contributed by atoms with Crippen molar-refractivity contribution in [3.05, 3.63) is 70.5 Å². The van der Waals surface area contributed by atoms with Gasteiger partial charge in [0.25, 0.3) is 0 Å². The van der Waals surface area contributed by atoms with Gasteiger partial charge in [0.2, 0.25) is 11.8 Å². The Morgan fingerprint density at radius 1 is 1.06 bits per heavy atom. The van der Waals surface area contributed by atoms with Crippen molar-refractivity contribution < 1.29 is 23.5 Å². The maximum Gasteiger partial charge on any atom is 0.368 e. The maximum atomic E-state index is 13.4. The summed E-state index contributed by atoms with van der Waals surface area (Å²) in [5.74, 6) is -0.595. The summed E-state index contributed by atoms with van der Waals surface area (Å²) in [4.78, 5) is 26.7. The molecule has 2 aromatic carbocycles. The number of hydrogen-bond donors (Lipinski definition) is 0. The summed E-state index contributed by atoms with van der Waals surface area (Å²) >= 11 is 7.34. The number of rotatable bonds is 7. The van der Waals surface area contributed by atoms with Gasteiger partial charge in [-0.25, -0.2) is 9.18 Å². The Kier molecular flexibility index (Phi) is 8.98. The molecule has 7 nitrogen and oxygen atoms in total. The molecule has 168 valence electrons. The van der Waals surface area contributed by atoms with Crippen molar-refractivity contribution in [3.8, 4) is 11.8 Å². The lowest BCUT2D eigenvalue weighted by atomic mass is 10.1. The van der Waals surface area contributed by atoms with E-state index in [1.165, 1.54) is 38.5 Å². The molecule has 0 saturated carbocycles. The fourth-order valence-electron chi connectivity index (χ4n) is 2.45. The summed E-state index contributed by atoms with van der Waals surface area (Å²) in [6.07, 6.45) is 0. The average molecular weight is 478 g/mol. The van der Waals surface area contributed by atoms with Gasteiger partial charge < -0.3 is 14.3 Å². The Balaban J connectivity index is 0.00000363. The lowest BCUT2D eigenvalue weighted by Crippen LogP contribution is -2.07. The maximum absolute atomic E-state index is 13.4. The number of nitrogens with zero attached hydrogens (tertiary/aromatic N) is 3. The standard InChI is InChI=1S/C21H17ClFN3O4S.CH4/c1-12(13-6-4-7-14(23)10-13)26-30-20(27)19-15(22)8-5-9-16(19)31-21-24-17(28-2)11-18(25-21)29-3;/h4-11H,1-3H3;1H4/b26-12+;. The molecule has 0 unspecified atom stereocenters. The first-order valence-corrected chi connectivity index (χ1v) is 10.1. The van der Waals surface area contributed by atoms with Crippen molar-refractivity contribution in [3.63, 3.8) is 0 Å². The number of ether oxygens (including phenoxy) is 2.